The fraction of sp³-hybridized carbons (Fsp3) is 0.929. The second kappa shape index (κ2) is 5.57. The van der Waals surface area contributed by atoms with E-state index in [2.05, 4.69) is 10.2 Å². The lowest BCUT2D eigenvalue weighted by atomic mass is 9.57. The van der Waals surface area contributed by atoms with Crippen LogP contribution in [0.5, 0.6) is 0 Å². The highest BCUT2D eigenvalue weighted by molar-refractivity contribution is 5.78. The van der Waals surface area contributed by atoms with Crippen LogP contribution in [0.3, 0.4) is 0 Å². The zero-order chi connectivity index (χ0) is 13.2. The summed E-state index contributed by atoms with van der Waals surface area (Å²) in [6, 6.07) is 0.235. The van der Waals surface area contributed by atoms with E-state index in [-0.39, 0.29) is 11.9 Å². The molecule has 0 aromatic rings. The molecule has 2 rings (SSSR count). The van der Waals surface area contributed by atoms with Gasteiger partial charge in [0.25, 0.3) is 0 Å². The number of aliphatic hydroxyl groups is 1. The van der Waals surface area contributed by atoms with Crippen molar-refractivity contribution in [2.24, 2.45) is 11.3 Å². The first kappa shape index (κ1) is 13.8. The molecular formula is C14H26N2O2. The molecule has 0 unspecified atom stereocenters. The Hall–Kier alpha value is -0.610. The first-order valence-corrected chi connectivity index (χ1v) is 7.15. The number of nitrogens with one attached hydrogen (secondary N) is 1. The van der Waals surface area contributed by atoms with Gasteiger partial charge in [-0.05, 0) is 50.9 Å². The van der Waals surface area contributed by atoms with E-state index >= 15 is 0 Å². The van der Waals surface area contributed by atoms with Crippen LogP contribution in [-0.2, 0) is 4.79 Å². The molecule has 1 heterocycles. The molecule has 4 heteroatoms. The van der Waals surface area contributed by atoms with Crippen LogP contribution in [0.15, 0.2) is 0 Å². The van der Waals surface area contributed by atoms with Crippen molar-refractivity contribution in [3.05, 3.63) is 0 Å². The minimum Gasteiger partial charge on any atom is -0.396 e. The first-order chi connectivity index (χ1) is 8.53. The highest BCUT2D eigenvalue weighted by atomic mass is 16.2. The summed E-state index contributed by atoms with van der Waals surface area (Å²) in [5.74, 6) is 0.972. The lowest BCUT2D eigenvalue weighted by Gasteiger charge is -2.59. The highest BCUT2D eigenvalue weighted by Gasteiger charge is 2.51. The Balaban J connectivity index is 1.59. The maximum absolute atomic E-state index is 11.6. The van der Waals surface area contributed by atoms with Gasteiger partial charge in [-0.1, -0.05) is 0 Å². The molecule has 0 radical (unpaired) electrons. The van der Waals surface area contributed by atoms with Crippen molar-refractivity contribution >= 4 is 5.91 Å². The molecule has 1 aliphatic heterocycles. The second-order valence-corrected chi connectivity index (χ2v) is 6.51. The number of aliphatic hydroxyl groups excluding tert-OH is 1. The number of nitrogens with zero attached hydrogens (tertiary/aromatic N) is 1. The standard InChI is InChI=1S/C14H26N2O2/c1-11(2)15-13(18)8-16-9-14(10-16)6-12(7-14)4-3-5-17/h11-12,17H,3-10H2,1-2H3,(H,15,18). The average Bonchev–Trinajstić information content (AvgIpc) is 2.16. The van der Waals surface area contributed by atoms with Crippen LogP contribution < -0.4 is 5.32 Å². The summed E-state index contributed by atoms with van der Waals surface area (Å²) in [4.78, 5) is 13.8. The van der Waals surface area contributed by atoms with Gasteiger partial charge in [0.1, 0.15) is 0 Å². The molecule has 1 aliphatic carbocycles. The molecule has 0 bridgehead atoms. The molecule has 4 nitrogen and oxygen atoms in total. The van der Waals surface area contributed by atoms with Gasteiger partial charge in [0.05, 0.1) is 6.54 Å². The Labute approximate surface area is 110 Å². The number of carbonyl (C=O) groups excluding carboxylic acids is 1. The van der Waals surface area contributed by atoms with Crippen LogP contribution in [0, 0.1) is 11.3 Å². The normalized spacial score (nSPS) is 22.9. The fourth-order valence-electron chi connectivity index (χ4n) is 3.59. The van der Waals surface area contributed by atoms with E-state index in [0.717, 1.165) is 25.4 Å². The smallest absolute Gasteiger partial charge is 0.234 e. The molecule has 1 saturated carbocycles. The number of rotatable bonds is 6. The monoisotopic (exact) mass is 254 g/mol. The topological polar surface area (TPSA) is 52.6 Å². The summed E-state index contributed by atoms with van der Waals surface area (Å²) < 4.78 is 0. The molecule has 1 spiro atoms. The van der Waals surface area contributed by atoms with Gasteiger partial charge >= 0.3 is 0 Å². The van der Waals surface area contributed by atoms with Crippen LogP contribution in [0.4, 0.5) is 0 Å². The third kappa shape index (κ3) is 3.23. The lowest BCUT2D eigenvalue weighted by molar-refractivity contribution is -0.133. The van der Waals surface area contributed by atoms with E-state index in [1.54, 1.807) is 0 Å². The minimum absolute atomic E-state index is 0.149. The zero-order valence-corrected chi connectivity index (χ0v) is 11.6. The van der Waals surface area contributed by atoms with Crippen LogP contribution in [-0.4, -0.2) is 48.2 Å². The molecule has 2 N–H and O–H groups in total. The first-order valence-electron chi connectivity index (χ1n) is 7.15. The molecule has 18 heavy (non-hydrogen) atoms. The van der Waals surface area contributed by atoms with E-state index in [1.807, 2.05) is 13.8 Å². The third-order valence-electron chi connectivity index (χ3n) is 4.15. The quantitative estimate of drug-likeness (QED) is 0.743. The van der Waals surface area contributed by atoms with Crippen molar-refractivity contribution in [3.8, 4) is 0 Å². The number of amides is 1. The van der Waals surface area contributed by atoms with E-state index < -0.39 is 0 Å². The molecule has 1 saturated heterocycles. The molecule has 2 fully saturated rings. The Morgan fingerprint density at radius 1 is 1.44 bits per heavy atom. The molecule has 1 amide bonds. The van der Waals surface area contributed by atoms with Gasteiger partial charge < -0.3 is 10.4 Å². The number of likely N-dealkylation sites (tertiary alicyclic amines) is 1. The van der Waals surface area contributed by atoms with Gasteiger partial charge in [-0.3, -0.25) is 9.69 Å². The Kier molecular flexibility index (Phi) is 4.28. The van der Waals surface area contributed by atoms with E-state index in [4.69, 9.17) is 5.11 Å². The van der Waals surface area contributed by atoms with Crippen molar-refractivity contribution in [3.63, 3.8) is 0 Å². The molecular weight excluding hydrogens is 228 g/mol. The van der Waals surface area contributed by atoms with Crippen molar-refractivity contribution in [1.29, 1.82) is 0 Å². The van der Waals surface area contributed by atoms with Crippen molar-refractivity contribution in [2.75, 3.05) is 26.2 Å². The second-order valence-electron chi connectivity index (χ2n) is 6.51. The summed E-state index contributed by atoms with van der Waals surface area (Å²) in [6.07, 6.45) is 4.72. The van der Waals surface area contributed by atoms with Crippen molar-refractivity contribution in [2.45, 2.75) is 45.6 Å². The highest BCUT2D eigenvalue weighted by Crippen LogP contribution is 2.53. The maximum atomic E-state index is 11.6. The summed E-state index contributed by atoms with van der Waals surface area (Å²) in [6.45, 7) is 7.05. The predicted molar refractivity (Wildman–Crippen MR) is 71.2 cm³/mol. The van der Waals surface area contributed by atoms with E-state index in [1.165, 1.54) is 19.3 Å². The summed E-state index contributed by atoms with van der Waals surface area (Å²) >= 11 is 0. The Morgan fingerprint density at radius 2 is 2.11 bits per heavy atom. The van der Waals surface area contributed by atoms with Crippen LogP contribution >= 0.6 is 0 Å². The van der Waals surface area contributed by atoms with Crippen LogP contribution in [0.25, 0.3) is 0 Å². The maximum Gasteiger partial charge on any atom is 0.234 e. The van der Waals surface area contributed by atoms with Gasteiger partial charge in [0.2, 0.25) is 5.91 Å². The fourth-order valence-corrected chi connectivity index (χ4v) is 3.59. The van der Waals surface area contributed by atoms with Crippen molar-refractivity contribution in [1.82, 2.24) is 10.2 Å². The Morgan fingerprint density at radius 3 is 2.67 bits per heavy atom. The largest absolute Gasteiger partial charge is 0.396 e. The van der Waals surface area contributed by atoms with Crippen molar-refractivity contribution < 1.29 is 9.90 Å². The third-order valence-corrected chi connectivity index (χ3v) is 4.15. The van der Waals surface area contributed by atoms with Gasteiger partial charge in [-0.25, -0.2) is 0 Å². The summed E-state index contributed by atoms with van der Waals surface area (Å²) in [5, 5.41) is 11.7. The van der Waals surface area contributed by atoms with Gasteiger partial charge in [0, 0.05) is 25.7 Å². The number of hydrogen-bond donors (Lipinski definition) is 2. The zero-order valence-electron chi connectivity index (χ0n) is 11.6. The van der Waals surface area contributed by atoms with Gasteiger partial charge in [0.15, 0.2) is 0 Å². The minimum atomic E-state index is 0.149. The average molecular weight is 254 g/mol. The number of carbonyl (C=O) groups is 1. The summed E-state index contributed by atoms with van der Waals surface area (Å²) in [7, 11) is 0. The molecule has 2 aliphatic rings. The molecule has 104 valence electrons. The predicted octanol–water partition coefficient (Wildman–Crippen LogP) is 0.995. The van der Waals surface area contributed by atoms with Crippen LogP contribution in [0.2, 0.25) is 0 Å². The number of hydrogen-bond acceptors (Lipinski definition) is 3. The molecule has 0 atom stereocenters. The van der Waals surface area contributed by atoms with Crippen LogP contribution in [0.1, 0.15) is 39.5 Å². The van der Waals surface area contributed by atoms with E-state index in [0.29, 0.717) is 18.6 Å². The summed E-state index contributed by atoms with van der Waals surface area (Å²) in [5.41, 5.74) is 0.526. The van der Waals surface area contributed by atoms with E-state index in [9.17, 15) is 4.79 Å². The van der Waals surface area contributed by atoms with Gasteiger partial charge in [-0.15, -0.1) is 0 Å². The lowest BCUT2D eigenvalue weighted by Crippen LogP contribution is -2.63. The molecule has 0 aromatic carbocycles. The van der Waals surface area contributed by atoms with Gasteiger partial charge in [-0.2, -0.15) is 0 Å². The molecule has 0 aromatic heterocycles. The Bertz CT molecular complexity index is 290. The SMILES string of the molecule is CC(C)NC(=O)CN1CC2(CC(CCCO)C2)C1.